The quantitative estimate of drug-likeness (QED) is 0.459. The molecule has 0 bridgehead atoms. The van der Waals surface area contributed by atoms with Crippen molar-refractivity contribution < 1.29 is 28.3 Å². The minimum atomic E-state index is -0.662. The molecule has 1 aromatic carbocycles. The SMILES string of the molecule is Cl.Fc1[c-]ccc(F)c1.[Zn]. The van der Waals surface area contributed by atoms with Crippen molar-refractivity contribution in [1.82, 2.24) is 0 Å². The van der Waals surface area contributed by atoms with Crippen molar-refractivity contribution in [3.05, 3.63) is 35.9 Å². The Kier molecular flexibility index (Phi) is 7.28. The van der Waals surface area contributed by atoms with Gasteiger partial charge in [0, 0.05) is 31.1 Å². The van der Waals surface area contributed by atoms with Gasteiger partial charge in [-0.1, -0.05) is 0 Å². The fourth-order valence-electron chi connectivity index (χ4n) is 0.412. The van der Waals surface area contributed by atoms with E-state index < -0.39 is 11.6 Å². The van der Waals surface area contributed by atoms with Crippen molar-refractivity contribution in [2.75, 3.05) is 0 Å². The Morgan fingerprint density at radius 3 is 2.20 bits per heavy atom. The van der Waals surface area contributed by atoms with Crippen LogP contribution in [0.5, 0.6) is 0 Å². The van der Waals surface area contributed by atoms with Gasteiger partial charge < -0.3 is 0 Å². The predicted octanol–water partition coefficient (Wildman–Crippen LogP) is 2.18. The molecule has 0 nitrogen and oxygen atoms in total. The van der Waals surface area contributed by atoms with E-state index in [1.54, 1.807) is 0 Å². The van der Waals surface area contributed by atoms with Crippen LogP contribution in [-0.2, 0) is 19.5 Å². The zero-order valence-electron chi connectivity index (χ0n) is 5.10. The Bertz CT molecular complexity index is 176. The first kappa shape index (κ1) is 12.7. The van der Waals surface area contributed by atoms with Crippen LogP contribution in [0.2, 0.25) is 0 Å². The second-order valence-corrected chi connectivity index (χ2v) is 1.35. The van der Waals surface area contributed by atoms with Crippen LogP contribution in [-0.4, -0.2) is 0 Å². The van der Waals surface area contributed by atoms with E-state index in [9.17, 15) is 8.78 Å². The van der Waals surface area contributed by atoms with E-state index in [0.717, 1.165) is 12.1 Å². The van der Waals surface area contributed by atoms with E-state index in [0.29, 0.717) is 0 Å². The molecule has 0 unspecified atom stereocenters. The van der Waals surface area contributed by atoms with Crippen LogP contribution in [0.15, 0.2) is 18.2 Å². The zero-order chi connectivity index (χ0) is 5.98. The van der Waals surface area contributed by atoms with Crippen LogP contribution in [0.25, 0.3) is 0 Å². The number of hydrogen-bond donors (Lipinski definition) is 0. The monoisotopic (exact) mass is 213 g/mol. The molecule has 0 spiro atoms. The van der Waals surface area contributed by atoms with Crippen molar-refractivity contribution in [2.45, 2.75) is 0 Å². The van der Waals surface area contributed by atoms with Gasteiger partial charge in [0.25, 0.3) is 0 Å². The van der Waals surface area contributed by atoms with Crippen LogP contribution < -0.4 is 0 Å². The third kappa shape index (κ3) is 3.91. The molecule has 0 atom stereocenters. The van der Waals surface area contributed by atoms with Crippen molar-refractivity contribution in [1.29, 1.82) is 0 Å². The summed E-state index contributed by atoms with van der Waals surface area (Å²) in [4.78, 5) is 0. The van der Waals surface area contributed by atoms with Crippen LogP contribution in [0.1, 0.15) is 0 Å². The van der Waals surface area contributed by atoms with Crippen molar-refractivity contribution >= 4 is 12.4 Å². The van der Waals surface area contributed by atoms with Gasteiger partial charge in [0.15, 0.2) is 0 Å². The molecule has 0 heterocycles. The van der Waals surface area contributed by atoms with Crippen LogP contribution in [0.4, 0.5) is 8.78 Å². The van der Waals surface area contributed by atoms with Crippen LogP contribution in [0.3, 0.4) is 0 Å². The minimum absolute atomic E-state index is 0. The zero-order valence-corrected chi connectivity index (χ0v) is 8.89. The maximum atomic E-state index is 11.9. The second kappa shape index (κ2) is 5.75. The Labute approximate surface area is 76.8 Å². The summed E-state index contributed by atoms with van der Waals surface area (Å²) in [6.07, 6.45) is 0. The van der Waals surface area contributed by atoms with Gasteiger partial charge in [0.05, 0.1) is 0 Å². The Morgan fingerprint density at radius 2 is 1.90 bits per heavy atom. The van der Waals surface area contributed by atoms with Gasteiger partial charge in [-0.15, -0.1) is 30.6 Å². The molecule has 4 heteroatoms. The average Bonchev–Trinajstić information content (AvgIpc) is 1.64. The van der Waals surface area contributed by atoms with E-state index in [1.165, 1.54) is 6.07 Å². The topological polar surface area (TPSA) is 0 Å². The number of hydrogen-bond acceptors (Lipinski definition) is 0. The van der Waals surface area contributed by atoms with E-state index in [4.69, 9.17) is 0 Å². The molecule has 52 valence electrons. The van der Waals surface area contributed by atoms with Crippen LogP contribution in [0, 0.1) is 17.7 Å². The molecule has 1 rings (SSSR count). The number of halogens is 3. The molecule has 0 saturated heterocycles. The van der Waals surface area contributed by atoms with Crippen molar-refractivity contribution in [3.8, 4) is 0 Å². The predicted molar refractivity (Wildman–Crippen MR) is 32.4 cm³/mol. The van der Waals surface area contributed by atoms with E-state index in [1.807, 2.05) is 0 Å². The molecule has 0 aliphatic heterocycles. The Balaban J connectivity index is 0. The van der Waals surface area contributed by atoms with E-state index >= 15 is 0 Å². The van der Waals surface area contributed by atoms with Crippen molar-refractivity contribution in [3.63, 3.8) is 0 Å². The van der Waals surface area contributed by atoms with Gasteiger partial charge in [-0.05, 0) is 0 Å². The molecule has 0 saturated carbocycles. The number of rotatable bonds is 0. The van der Waals surface area contributed by atoms with E-state index in [2.05, 4.69) is 6.07 Å². The molecule has 0 aliphatic carbocycles. The first-order valence-corrected chi connectivity index (χ1v) is 2.12. The summed E-state index contributed by atoms with van der Waals surface area (Å²) >= 11 is 0. The van der Waals surface area contributed by atoms with Crippen LogP contribution >= 0.6 is 12.4 Å². The maximum Gasteiger partial charge on any atom is 0.0178 e. The molecule has 0 radical (unpaired) electrons. The van der Waals surface area contributed by atoms with Gasteiger partial charge in [-0.2, -0.15) is 6.07 Å². The minimum Gasteiger partial charge on any atom is -0.236 e. The first-order valence-electron chi connectivity index (χ1n) is 2.12. The summed E-state index contributed by atoms with van der Waals surface area (Å²) in [6.45, 7) is 0. The normalized spacial score (nSPS) is 7.40. The van der Waals surface area contributed by atoms with Gasteiger partial charge in [0.1, 0.15) is 0 Å². The molecule has 0 fully saturated rings. The summed E-state index contributed by atoms with van der Waals surface area (Å²) in [7, 11) is 0. The second-order valence-electron chi connectivity index (χ2n) is 1.35. The fourth-order valence-corrected chi connectivity index (χ4v) is 0.412. The maximum absolute atomic E-state index is 11.9. The van der Waals surface area contributed by atoms with E-state index in [-0.39, 0.29) is 31.9 Å². The standard InChI is InChI=1S/C6H3F2.ClH.Zn/c7-5-2-1-3-6(8)4-5;;/h1-2,4H;1H;/q-1;;. The van der Waals surface area contributed by atoms with Crippen molar-refractivity contribution in [2.24, 2.45) is 0 Å². The molecular formula is C6H4ClF2Zn-. The molecule has 0 amide bonds. The van der Waals surface area contributed by atoms with Gasteiger partial charge in [-0.25, -0.2) is 8.78 Å². The average molecular weight is 215 g/mol. The first-order chi connectivity index (χ1) is 3.79. The third-order valence-corrected chi connectivity index (χ3v) is 0.728. The number of benzene rings is 1. The van der Waals surface area contributed by atoms with Gasteiger partial charge >= 0.3 is 0 Å². The fraction of sp³-hybridized carbons (Fsp3) is 0. The molecular weight excluding hydrogens is 211 g/mol. The Morgan fingerprint density at radius 1 is 1.30 bits per heavy atom. The summed E-state index contributed by atoms with van der Waals surface area (Å²) in [5, 5.41) is 0. The molecule has 10 heavy (non-hydrogen) atoms. The molecule has 0 aromatic heterocycles. The molecule has 1 aromatic rings. The van der Waals surface area contributed by atoms with Gasteiger partial charge in [-0.3, -0.25) is 0 Å². The summed E-state index contributed by atoms with van der Waals surface area (Å²) in [6, 6.07) is 5.28. The summed E-state index contributed by atoms with van der Waals surface area (Å²) in [5.41, 5.74) is 0. The smallest absolute Gasteiger partial charge is 0.0178 e. The third-order valence-electron chi connectivity index (χ3n) is 0.728. The summed E-state index contributed by atoms with van der Waals surface area (Å²) in [5.74, 6) is -1.23. The largest absolute Gasteiger partial charge is 0.236 e. The molecule has 0 aliphatic rings. The summed E-state index contributed by atoms with van der Waals surface area (Å²) < 4.78 is 23.8. The Hall–Kier alpha value is -0.00662. The molecule has 0 N–H and O–H groups in total. The van der Waals surface area contributed by atoms with Gasteiger partial charge in [0.2, 0.25) is 0 Å².